The lowest BCUT2D eigenvalue weighted by Crippen LogP contribution is -2.35. The number of nitrogens with zero attached hydrogens (tertiary/aromatic N) is 2. The molecule has 0 amide bonds. The van der Waals surface area contributed by atoms with Crippen LogP contribution in [0.5, 0.6) is 0 Å². The molecule has 78 valence electrons. The minimum Gasteiger partial charge on any atom is -0.381 e. The van der Waals surface area contributed by atoms with E-state index < -0.39 is 0 Å². The van der Waals surface area contributed by atoms with Crippen LogP contribution in [0.25, 0.3) is 0 Å². The Morgan fingerprint density at radius 2 is 2.21 bits per heavy atom. The first-order valence-electron chi connectivity index (χ1n) is 4.96. The summed E-state index contributed by atoms with van der Waals surface area (Å²) < 4.78 is 7.42. The summed E-state index contributed by atoms with van der Waals surface area (Å²) in [5, 5.41) is 5.29. The van der Waals surface area contributed by atoms with Crippen LogP contribution >= 0.6 is 15.9 Å². The fourth-order valence-corrected chi connectivity index (χ4v) is 2.61. The Hall–Kier alpha value is -0.350. The molecule has 1 aliphatic rings. The highest BCUT2D eigenvalue weighted by atomic mass is 79.9. The van der Waals surface area contributed by atoms with Gasteiger partial charge in [-0.25, -0.2) is 0 Å². The highest BCUT2D eigenvalue weighted by Crippen LogP contribution is 2.33. The largest absolute Gasteiger partial charge is 0.381 e. The molecule has 0 aliphatic carbocycles. The van der Waals surface area contributed by atoms with E-state index in [2.05, 4.69) is 21.0 Å². The van der Waals surface area contributed by atoms with Crippen LogP contribution in [0.2, 0.25) is 0 Å². The van der Waals surface area contributed by atoms with Crippen LogP contribution in [0.15, 0.2) is 18.5 Å². The Morgan fingerprint density at radius 1 is 1.43 bits per heavy atom. The van der Waals surface area contributed by atoms with Crippen molar-refractivity contribution in [3.05, 3.63) is 18.5 Å². The summed E-state index contributed by atoms with van der Waals surface area (Å²) >= 11 is 3.62. The van der Waals surface area contributed by atoms with Crippen LogP contribution in [0.4, 0.5) is 0 Å². The third-order valence-corrected chi connectivity index (χ3v) is 4.08. The fraction of sp³-hybridized carbons (Fsp3) is 0.700. The molecule has 0 radical (unpaired) electrons. The summed E-state index contributed by atoms with van der Waals surface area (Å²) in [6.45, 7) is 2.76. The van der Waals surface area contributed by atoms with Crippen LogP contribution in [-0.2, 0) is 11.3 Å². The molecule has 0 atom stereocenters. The molecule has 1 fully saturated rings. The van der Waals surface area contributed by atoms with E-state index in [0.29, 0.717) is 5.41 Å². The van der Waals surface area contributed by atoms with Crippen molar-refractivity contribution in [3.8, 4) is 0 Å². The number of rotatable bonds is 3. The van der Waals surface area contributed by atoms with Crippen molar-refractivity contribution in [1.82, 2.24) is 9.78 Å². The maximum absolute atomic E-state index is 5.40. The van der Waals surface area contributed by atoms with Gasteiger partial charge in [-0.15, -0.1) is 0 Å². The number of halogens is 1. The maximum Gasteiger partial charge on any atom is 0.0489 e. The van der Waals surface area contributed by atoms with E-state index in [1.54, 1.807) is 0 Å². The number of alkyl halides is 1. The van der Waals surface area contributed by atoms with E-state index in [9.17, 15) is 0 Å². The molecule has 0 unspecified atom stereocenters. The zero-order valence-corrected chi connectivity index (χ0v) is 9.74. The zero-order valence-electron chi connectivity index (χ0n) is 8.16. The van der Waals surface area contributed by atoms with Crippen LogP contribution in [0.3, 0.4) is 0 Å². The Labute approximate surface area is 92.6 Å². The minimum absolute atomic E-state index is 0.338. The second kappa shape index (κ2) is 4.45. The molecular formula is C10H15BrN2O. The van der Waals surface area contributed by atoms with Crippen molar-refractivity contribution in [2.75, 3.05) is 18.5 Å². The van der Waals surface area contributed by atoms with Gasteiger partial charge < -0.3 is 4.74 Å². The predicted molar refractivity (Wildman–Crippen MR) is 58.5 cm³/mol. The molecule has 0 bridgehead atoms. The van der Waals surface area contributed by atoms with Gasteiger partial charge in [-0.2, -0.15) is 5.10 Å². The summed E-state index contributed by atoms with van der Waals surface area (Å²) in [7, 11) is 0. The third-order valence-electron chi connectivity index (χ3n) is 2.89. The lowest BCUT2D eigenvalue weighted by Gasteiger charge is -2.35. The number of hydrogen-bond acceptors (Lipinski definition) is 2. The average Bonchev–Trinajstić information content (AvgIpc) is 2.72. The first-order chi connectivity index (χ1) is 6.85. The first-order valence-corrected chi connectivity index (χ1v) is 6.08. The molecular weight excluding hydrogens is 244 g/mol. The van der Waals surface area contributed by atoms with Gasteiger partial charge in [0.15, 0.2) is 0 Å². The number of hydrogen-bond donors (Lipinski definition) is 0. The number of ether oxygens (including phenoxy) is 1. The fourth-order valence-electron chi connectivity index (χ4n) is 1.88. The van der Waals surface area contributed by atoms with Gasteiger partial charge in [-0.3, -0.25) is 4.68 Å². The summed E-state index contributed by atoms with van der Waals surface area (Å²) in [6, 6.07) is 1.97. The van der Waals surface area contributed by atoms with Gasteiger partial charge in [0.1, 0.15) is 0 Å². The molecule has 1 aromatic rings. The van der Waals surface area contributed by atoms with E-state index in [4.69, 9.17) is 4.74 Å². The summed E-state index contributed by atoms with van der Waals surface area (Å²) in [5.41, 5.74) is 0.338. The van der Waals surface area contributed by atoms with Crippen LogP contribution in [-0.4, -0.2) is 28.3 Å². The predicted octanol–water partition coefficient (Wildman–Crippen LogP) is 2.07. The molecule has 0 aromatic carbocycles. The monoisotopic (exact) mass is 258 g/mol. The number of aromatic nitrogens is 2. The summed E-state index contributed by atoms with van der Waals surface area (Å²) in [6.07, 6.45) is 6.11. The van der Waals surface area contributed by atoms with Crippen molar-refractivity contribution < 1.29 is 4.74 Å². The van der Waals surface area contributed by atoms with Crippen molar-refractivity contribution >= 4 is 15.9 Å². The average molecular weight is 259 g/mol. The third kappa shape index (κ3) is 2.17. The standard InChI is InChI=1S/C10H15BrN2O/c11-8-10(2-6-14-7-3-10)9-13-5-1-4-12-13/h1,4-5H,2-3,6-9H2. The van der Waals surface area contributed by atoms with E-state index >= 15 is 0 Å². The topological polar surface area (TPSA) is 27.1 Å². The molecule has 2 rings (SSSR count). The normalized spacial score (nSPS) is 20.9. The second-order valence-corrected chi connectivity index (χ2v) is 4.51. The molecule has 14 heavy (non-hydrogen) atoms. The van der Waals surface area contributed by atoms with Gasteiger partial charge in [0.2, 0.25) is 0 Å². The van der Waals surface area contributed by atoms with Crippen molar-refractivity contribution in [2.45, 2.75) is 19.4 Å². The summed E-state index contributed by atoms with van der Waals surface area (Å²) in [5.74, 6) is 0. The first kappa shape index (κ1) is 10.2. The van der Waals surface area contributed by atoms with E-state index in [0.717, 1.165) is 37.9 Å². The van der Waals surface area contributed by atoms with E-state index in [1.165, 1.54) is 0 Å². The molecule has 1 aromatic heterocycles. The second-order valence-electron chi connectivity index (χ2n) is 3.95. The lowest BCUT2D eigenvalue weighted by atomic mass is 9.82. The van der Waals surface area contributed by atoms with E-state index in [1.807, 2.05) is 23.1 Å². The highest BCUT2D eigenvalue weighted by Gasteiger charge is 2.32. The molecule has 4 heteroatoms. The summed E-state index contributed by atoms with van der Waals surface area (Å²) in [4.78, 5) is 0. The Bertz CT molecular complexity index is 268. The molecule has 1 aliphatic heterocycles. The Balaban J connectivity index is 2.04. The van der Waals surface area contributed by atoms with Crippen LogP contribution in [0.1, 0.15) is 12.8 Å². The molecule has 1 saturated heterocycles. The van der Waals surface area contributed by atoms with Gasteiger partial charge in [0.25, 0.3) is 0 Å². The quantitative estimate of drug-likeness (QED) is 0.777. The van der Waals surface area contributed by atoms with Crippen molar-refractivity contribution in [1.29, 1.82) is 0 Å². The smallest absolute Gasteiger partial charge is 0.0489 e. The zero-order chi connectivity index (χ0) is 9.86. The van der Waals surface area contributed by atoms with Crippen molar-refractivity contribution in [2.24, 2.45) is 5.41 Å². The molecule has 0 N–H and O–H groups in total. The maximum atomic E-state index is 5.40. The highest BCUT2D eigenvalue weighted by molar-refractivity contribution is 9.09. The lowest BCUT2D eigenvalue weighted by molar-refractivity contribution is 0.0170. The van der Waals surface area contributed by atoms with Gasteiger partial charge in [0, 0.05) is 42.9 Å². The SMILES string of the molecule is BrCC1(Cn2cccn2)CCOCC1. The van der Waals surface area contributed by atoms with Crippen LogP contribution in [0, 0.1) is 5.41 Å². The van der Waals surface area contributed by atoms with Gasteiger partial charge in [-0.1, -0.05) is 15.9 Å². The Kier molecular flexibility index (Phi) is 3.23. The van der Waals surface area contributed by atoms with Gasteiger partial charge in [-0.05, 0) is 18.9 Å². The van der Waals surface area contributed by atoms with Gasteiger partial charge in [0.05, 0.1) is 0 Å². The molecule has 3 nitrogen and oxygen atoms in total. The van der Waals surface area contributed by atoms with Crippen LogP contribution < -0.4 is 0 Å². The molecule has 0 spiro atoms. The van der Waals surface area contributed by atoms with E-state index in [-0.39, 0.29) is 0 Å². The Morgan fingerprint density at radius 3 is 2.79 bits per heavy atom. The minimum atomic E-state index is 0.338. The van der Waals surface area contributed by atoms with Crippen molar-refractivity contribution in [3.63, 3.8) is 0 Å². The van der Waals surface area contributed by atoms with Gasteiger partial charge >= 0.3 is 0 Å². The molecule has 2 heterocycles. The molecule has 0 saturated carbocycles.